The highest BCUT2D eigenvalue weighted by Gasteiger charge is 2.33. The molecule has 0 saturated carbocycles. The van der Waals surface area contributed by atoms with Gasteiger partial charge in [0.05, 0.1) is 32.9 Å². The molecule has 1 heterocycles. The number of rotatable bonds is 7. The first-order valence-electron chi connectivity index (χ1n) is 11.4. The Morgan fingerprint density at radius 3 is 2.29 bits per heavy atom. The van der Waals surface area contributed by atoms with Gasteiger partial charge in [-0.25, -0.2) is 4.79 Å². The first kappa shape index (κ1) is 24.1. The van der Waals surface area contributed by atoms with Gasteiger partial charge in [0.25, 0.3) is 5.91 Å². The van der Waals surface area contributed by atoms with Crippen molar-refractivity contribution in [3.05, 3.63) is 88.5 Å². The molecule has 7 heteroatoms. The van der Waals surface area contributed by atoms with Crippen LogP contribution in [0.4, 0.5) is 0 Å². The highest BCUT2D eigenvalue weighted by atomic mass is 16.5. The molecule has 1 aliphatic rings. The van der Waals surface area contributed by atoms with E-state index in [2.05, 4.69) is 0 Å². The van der Waals surface area contributed by atoms with Crippen LogP contribution in [0.25, 0.3) is 0 Å². The number of hydrogen-bond donors (Lipinski definition) is 0. The van der Waals surface area contributed by atoms with Crippen molar-refractivity contribution in [3.8, 4) is 17.2 Å². The summed E-state index contributed by atoms with van der Waals surface area (Å²) in [5.74, 6) is 1.40. The van der Waals surface area contributed by atoms with E-state index in [1.807, 2.05) is 48.2 Å². The van der Waals surface area contributed by atoms with Gasteiger partial charge in [-0.15, -0.1) is 0 Å². The fourth-order valence-electron chi connectivity index (χ4n) is 4.40. The first-order valence-corrected chi connectivity index (χ1v) is 11.4. The van der Waals surface area contributed by atoms with Crippen LogP contribution < -0.4 is 14.2 Å². The third-order valence-electron chi connectivity index (χ3n) is 6.32. The highest BCUT2D eigenvalue weighted by molar-refractivity contribution is 5.96. The second-order valence-corrected chi connectivity index (χ2v) is 8.31. The second-order valence-electron chi connectivity index (χ2n) is 8.31. The summed E-state index contributed by atoms with van der Waals surface area (Å²) in [6, 6.07) is 17.9. The van der Waals surface area contributed by atoms with Crippen LogP contribution >= 0.6 is 0 Å². The normalized spacial score (nSPS) is 14.6. The molecule has 3 aromatic carbocycles. The summed E-state index contributed by atoms with van der Waals surface area (Å²) in [6.07, 6.45) is 0.692. The van der Waals surface area contributed by atoms with Crippen molar-refractivity contribution in [2.24, 2.45) is 0 Å². The van der Waals surface area contributed by atoms with Gasteiger partial charge in [-0.2, -0.15) is 0 Å². The maximum absolute atomic E-state index is 13.6. The molecule has 35 heavy (non-hydrogen) atoms. The molecule has 0 aliphatic carbocycles. The summed E-state index contributed by atoms with van der Waals surface area (Å²) in [6.45, 7) is 2.72. The summed E-state index contributed by atoms with van der Waals surface area (Å²) in [7, 11) is 4.55. The van der Waals surface area contributed by atoms with Crippen LogP contribution in [-0.4, -0.2) is 51.3 Å². The Morgan fingerprint density at radius 1 is 0.943 bits per heavy atom. The molecule has 0 spiro atoms. The van der Waals surface area contributed by atoms with Crippen LogP contribution in [0.5, 0.6) is 17.2 Å². The van der Waals surface area contributed by atoms with Crippen LogP contribution in [0.3, 0.4) is 0 Å². The second kappa shape index (κ2) is 10.5. The number of hydrogen-bond acceptors (Lipinski definition) is 6. The lowest BCUT2D eigenvalue weighted by atomic mass is 9.91. The van der Waals surface area contributed by atoms with Crippen molar-refractivity contribution in [1.82, 2.24) is 4.90 Å². The average molecular weight is 476 g/mol. The molecule has 0 bridgehead atoms. The number of benzene rings is 3. The predicted octanol–water partition coefficient (Wildman–Crippen LogP) is 4.62. The minimum Gasteiger partial charge on any atom is -0.493 e. The number of ether oxygens (including phenoxy) is 4. The van der Waals surface area contributed by atoms with E-state index in [9.17, 15) is 9.59 Å². The maximum Gasteiger partial charge on any atom is 0.337 e. The third kappa shape index (κ3) is 4.94. The smallest absolute Gasteiger partial charge is 0.337 e. The van der Waals surface area contributed by atoms with Crippen LogP contribution in [0.2, 0.25) is 0 Å². The number of fused-ring (bicyclic) bond motifs is 1. The van der Waals surface area contributed by atoms with Gasteiger partial charge in [-0.3, -0.25) is 4.79 Å². The molecule has 1 aliphatic heterocycles. The third-order valence-corrected chi connectivity index (χ3v) is 6.32. The van der Waals surface area contributed by atoms with Crippen LogP contribution in [0.15, 0.2) is 60.7 Å². The van der Waals surface area contributed by atoms with Crippen molar-refractivity contribution in [2.75, 3.05) is 34.5 Å². The molecule has 7 nitrogen and oxygen atoms in total. The highest BCUT2D eigenvalue weighted by Crippen LogP contribution is 2.39. The Bertz CT molecular complexity index is 1220. The molecular weight excluding hydrogens is 446 g/mol. The van der Waals surface area contributed by atoms with E-state index in [4.69, 9.17) is 18.9 Å². The fourth-order valence-corrected chi connectivity index (χ4v) is 4.40. The molecule has 4 rings (SSSR count). The van der Waals surface area contributed by atoms with Gasteiger partial charge >= 0.3 is 5.97 Å². The molecule has 0 fully saturated rings. The number of nitrogens with zero attached hydrogens (tertiary/aromatic N) is 1. The van der Waals surface area contributed by atoms with Gasteiger partial charge in [-0.1, -0.05) is 18.2 Å². The Morgan fingerprint density at radius 2 is 1.63 bits per heavy atom. The SMILES string of the molecule is COC(=O)c1ccc(OC[C@@H]2c3cc(OC)c(OC)cc3CCN2C(=O)c2ccccc2C)cc1. The fraction of sp³-hybridized carbons (Fsp3) is 0.286. The van der Waals surface area contributed by atoms with Gasteiger partial charge in [-0.05, 0) is 72.5 Å². The predicted molar refractivity (Wildman–Crippen MR) is 131 cm³/mol. The van der Waals surface area contributed by atoms with Crippen molar-refractivity contribution in [3.63, 3.8) is 0 Å². The van der Waals surface area contributed by atoms with Crippen LogP contribution in [0.1, 0.15) is 43.4 Å². The zero-order valence-electron chi connectivity index (χ0n) is 20.4. The van der Waals surface area contributed by atoms with E-state index in [0.717, 1.165) is 16.7 Å². The summed E-state index contributed by atoms with van der Waals surface area (Å²) >= 11 is 0. The number of carbonyl (C=O) groups is 2. The standard InChI is InChI=1S/C28H29NO6/c1-18-7-5-6-8-22(18)27(30)29-14-13-20-15-25(32-2)26(33-3)16-23(20)24(29)17-35-21-11-9-19(10-12-21)28(31)34-4/h5-12,15-16,24H,13-14,17H2,1-4H3/t24-/m1/s1. The van der Waals surface area contributed by atoms with Gasteiger partial charge in [0.1, 0.15) is 12.4 Å². The van der Waals surface area contributed by atoms with Crippen molar-refractivity contribution in [1.29, 1.82) is 0 Å². The monoisotopic (exact) mass is 475 g/mol. The van der Waals surface area contributed by atoms with Gasteiger partial charge in [0.15, 0.2) is 11.5 Å². The Hall–Kier alpha value is -4.00. The van der Waals surface area contributed by atoms with Gasteiger partial charge in [0, 0.05) is 12.1 Å². The molecule has 0 saturated heterocycles. The van der Waals surface area contributed by atoms with E-state index in [1.54, 1.807) is 38.5 Å². The maximum atomic E-state index is 13.6. The van der Waals surface area contributed by atoms with Crippen LogP contribution in [-0.2, 0) is 11.2 Å². The lowest BCUT2D eigenvalue weighted by Gasteiger charge is -2.38. The molecule has 3 aromatic rings. The zero-order chi connectivity index (χ0) is 24.9. The average Bonchev–Trinajstić information content (AvgIpc) is 2.90. The zero-order valence-corrected chi connectivity index (χ0v) is 20.4. The molecule has 182 valence electrons. The van der Waals surface area contributed by atoms with Crippen molar-refractivity contribution < 1.29 is 28.5 Å². The van der Waals surface area contributed by atoms with Crippen molar-refractivity contribution >= 4 is 11.9 Å². The van der Waals surface area contributed by atoms with E-state index < -0.39 is 5.97 Å². The molecule has 0 N–H and O–H groups in total. The number of esters is 1. The summed E-state index contributed by atoms with van der Waals surface area (Å²) in [5.41, 5.74) is 4.08. The summed E-state index contributed by atoms with van der Waals surface area (Å²) in [4.78, 5) is 27.2. The number of amides is 1. The topological polar surface area (TPSA) is 74.3 Å². The molecule has 0 aromatic heterocycles. The Balaban J connectivity index is 1.67. The summed E-state index contributed by atoms with van der Waals surface area (Å²) < 4.78 is 21.9. The van der Waals surface area contributed by atoms with E-state index in [0.29, 0.717) is 41.3 Å². The van der Waals surface area contributed by atoms with E-state index in [1.165, 1.54) is 7.11 Å². The number of carbonyl (C=O) groups excluding carboxylic acids is 2. The lowest BCUT2D eigenvalue weighted by molar-refractivity contribution is 0.0582. The van der Waals surface area contributed by atoms with Gasteiger partial charge < -0.3 is 23.8 Å². The molecule has 1 atom stereocenters. The number of methoxy groups -OCH3 is 3. The van der Waals surface area contributed by atoms with E-state index in [-0.39, 0.29) is 18.6 Å². The minimum absolute atomic E-state index is 0.0434. The largest absolute Gasteiger partial charge is 0.493 e. The van der Waals surface area contributed by atoms with E-state index >= 15 is 0 Å². The molecule has 1 amide bonds. The Kier molecular flexibility index (Phi) is 7.25. The molecule has 0 unspecified atom stereocenters. The molecular formula is C28H29NO6. The number of aryl methyl sites for hydroxylation is 1. The van der Waals surface area contributed by atoms with Crippen LogP contribution in [0, 0.1) is 6.92 Å². The minimum atomic E-state index is -0.409. The Labute approximate surface area is 205 Å². The summed E-state index contributed by atoms with van der Waals surface area (Å²) in [5, 5.41) is 0. The first-order chi connectivity index (χ1) is 17.0. The molecule has 0 radical (unpaired) electrons. The quantitative estimate of drug-likeness (QED) is 0.465. The van der Waals surface area contributed by atoms with Crippen molar-refractivity contribution in [2.45, 2.75) is 19.4 Å². The van der Waals surface area contributed by atoms with Gasteiger partial charge in [0.2, 0.25) is 0 Å². The lowest BCUT2D eigenvalue weighted by Crippen LogP contribution is -2.42.